The van der Waals surface area contributed by atoms with Crippen LogP contribution < -0.4 is 9.64 Å². The Morgan fingerprint density at radius 1 is 0.767 bits per heavy atom. The predicted molar refractivity (Wildman–Crippen MR) is 121 cm³/mol. The Balaban J connectivity index is 1.23. The second kappa shape index (κ2) is 10.3. The van der Waals surface area contributed by atoms with Crippen molar-refractivity contribution in [3.05, 3.63) is 95.8 Å². The molecule has 3 nitrogen and oxygen atoms in total. The molecule has 0 atom stereocenters. The summed E-state index contributed by atoms with van der Waals surface area (Å²) in [6.45, 7) is 5.37. The van der Waals surface area contributed by atoms with Crippen molar-refractivity contribution in [1.29, 1.82) is 0 Å². The molecule has 3 aromatic carbocycles. The highest BCUT2D eigenvalue weighted by molar-refractivity contribution is 5.50. The molecule has 4 rings (SSSR count). The summed E-state index contributed by atoms with van der Waals surface area (Å²) in [7, 11) is 0. The Hall–Kier alpha value is -2.85. The molecule has 0 spiro atoms. The van der Waals surface area contributed by atoms with Crippen LogP contribution in [0.15, 0.2) is 78.9 Å². The number of halogens is 1. The van der Waals surface area contributed by atoms with Crippen molar-refractivity contribution in [3.63, 3.8) is 0 Å². The highest BCUT2D eigenvalue weighted by Crippen LogP contribution is 2.25. The van der Waals surface area contributed by atoms with Crippen molar-refractivity contribution in [2.75, 3.05) is 37.6 Å². The molecule has 1 aliphatic rings. The summed E-state index contributed by atoms with van der Waals surface area (Å²) in [5.74, 6) is 0.0101. The molecule has 0 radical (unpaired) electrons. The van der Waals surface area contributed by atoms with E-state index >= 15 is 0 Å². The number of benzene rings is 3. The minimum absolute atomic E-state index is 0.297. The largest absolute Gasteiger partial charge is 0.486 e. The van der Waals surface area contributed by atoms with Gasteiger partial charge in [0.2, 0.25) is 0 Å². The van der Waals surface area contributed by atoms with Crippen LogP contribution in [0.1, 0.15) is 17.5 Å². The van der Waals surface area contributed by atoms with Crippen LogP contribution in [0, 0.1) is 5.82 Å². The predicted octanol–water partition coefficient (Wildman–Crippen LogP) is 5.16. The molecule has 1 aliphatic heterocycles. The molecule has 0 unspecified atom stereocenters. The van der Waals surface area contributed by atoms with E-state index in [4.69, 9.17) is 4.74 Å². The summed E-state index contributed by atoms with van der Waals surface area (Å²) < 4.78 is 20.2. The van der Waals surface area contributed by atoms with Crippen molar-refractivity contribution >= 4 is 5.69 Å². The van der Waals surface area contributed by atoms with E-state index in [2.05, 4.69) is 40.1 Å². The number of aryl methyl sites for hydroxylation is 1. The molecule has 1 heterocycles. The van der Waals surface area contributed by atoms with E-state index < -0.39 is 0 Å². The minimum atomic E-state index is -0.297. The first kappa shape index (κ1) is 20.4. The fourth-order valence-corrected chi connectivity index (χ4v) is 3.92. The Bertz CT molecular complexity index is 909. The van der Waals surface area contributed by atoms with Crippen molar-refractivity contribution in [2.24, 2.45) is 0 Å². The van der Waals surface area contributed by atoms with Crippen molar-refractivity contribution in [3.8, 4) is 5.75 Å². The molecule has 0 amide bonds. The van der Waals surface area contributed by atoms with E-state index in [-0.39, 0.29) is 5.82 Å². The van der Waals surface area contributed by atoms with Gasteiger partial charge in [-0.1, -0.05) is 60.7 Å². The number of hydrogen-bond donors (Lipinski definition) is 0. The first-order chi connectivity index (χ1) is 14.8. The third-order valence-electron chi connectivity index (χ3n) is 5.67. The van der Waals surface area contributed by atoms with E-state index in [1.54, 1.807) is 12.1 Å². The summed E-state index contributed by atoms with van der Waals surface area (Å²) in [5.41, 5.74) is 3.37. The number of piperazine rings is 1. The first-order valence-electron chi connectivity index (χ1n) is 10.8. The molecule has 0 aromatic heterocycles. The zero-order valence-electron chi connectivity index (χ0n) is 17.3. The molecule has 1 saturated heterocycles. The van der Waals surface area contributed by atoms with Crippen LogP contribution in [-0.4, -0.2) is 37.6 Å². The monoisotopic (exact) mass is 404 g/mol. The minimum Gasteiger partial charge on any atom is -0.486 e. The second-order valence-corrected chi connectivity index (χ2v) is 7.81. The van der Waals surface area contributed by atoms with Crippen LogP contribution in [-0.2, 0) is 13.0 Å². The molecule has 156 valence electrons. The maximum absolute atomic E-state index is 14.6. The van der Waals surface area contributed by atoms with Crippen molar-refractivity contribution < 1.29 is 9.13 Å². The van der Waals surface area contributed by atoms with Crippen LogP contribution in [0.3, 0.4) is 0 Å². The molecular weight excluding hydrogens is 375 g/mol. The lowest BCUT2D eigenvalue weighted by molar-refractivity contribution is 0.255. The van der Waals surface area contributed by atoms with Gasteiger partial charge in [0.05, 0.1) is 0 Å². The van der Waals surface area contributed by atoms with Gasteiger partial charge < -0.3 is 9.64 Å². The molecule has 0 N–H and O–H groups in total. The number of rotatable bonds is 8. The van der Waals surface area contributed by atoms with Crippen LogP contribution in [0.25, 0.3) is 0 Å². The van der Waals surface area contributed by atoms with E-state index in [9.17, 15) is 4.39 Å². The normalized spacial score (nSPS) is 14.6. The van der Waals surface area contributed by atoms with Gasteiger partial charge in [0.15, 0.2) is 11.6 Å². The summed E-state index contributed by atoms with van der Waals surface area (Å²) >= 11 is 0. The van der Waals surface area contributed by atoms with Gasteiger partial charge in [0, 0.05) is 37.9 Å². The zero-order chi connectivity index (χ0) is 20.6. The smallest absolute Gasteiger partial charge is 0.167 e. The fourth-order valence-electron chi connectivity index (χ4n) is 3.92. The fraction of sp³-hybridized carbons (Fsp3) is 0.308. The zero-order valence-corrected chi connectivity index (χ0v) is 17.3. The van der Waals surface area contributed by atoms with Gasteiger partial charge in [-0.2, -0.15) is 0 Å². The molecule has 4 heteroatoms. The SMILES string of the molecule is Fc1cc(N2CCN(CCCc3ccccc3)CC2)ccc1OCc1ccccc1. The molecule has 3 aromatic rings. The third-order valence-corrected chi connectivity index (χ3v) is 5.67. The lowest BCUT2D eigenvalue weighted by Gasteiger charge is -2.36. The van der Waals surface area contributed by atoms with Gasteiger partial charge in [-0.05, 0) is 42.6 Å². The Kier molecular flexibility index (Phi) is 6.99. The Labute approximate surface area is 178 Å². The standard InChI is InChI=1S/C26H29FN2O/c27-25-20-24(13-14-26(25)30-21-23-10-5-2-6-11-23)29-18-16-28(17-19-29)15-7-12-22-8-3-1-4-9-22/h1-6,8-11,13-14,20H,7,12,15-19,21H2. The second-order valence-electron chi connectivity index (χ2n) is 7.81. The molecule has 1 fully saturated rings. The molecular formula is C26H29FN2O. The van der Waals surface area contributed by atoms with Gasteiger partial charge in [0.25, 0.3) is 0 Å². The lowest BCUT2D eigenvalue weighted by Crippen LogP contribution is -2.46. The molecule has 30 heavy (non-hydrogen) atoms. The summed E-state index contributed by atoms with van der Waals surface area (Å²) in [4.78, 5) is 4.77. The highest BCUT2D eigenvalue weighted by atomic mass is 19.1. The van der Waals surface area contributed by atoms with Crippen molar-refractivity contribution in [1.82, 2.24) is 4.90 Å². The van der Waals surface area contributed by atoms with Crippen LogP contribution in [0.4, 0.5) is 10.1 Å². The molecule has 0 saturated carbocycles. The Morgan fingerprint density at radius 2 is 1.43 bits per heavy atom. The molecule has 0 bridgehead atoms. The summed E-state index contributed by atoms with van der Waals surface area (Å²) in [6, 6.07) is 25.8. The van der Waals surface area contributed by atoms with Gasteiger partial charge in [-0.3, -0.25) is 4.90 Å². The van der Waals surface area contributed by atoms with Gasteiger partial charge in [0.1, 0.15) is 6.61 Å². The van der Waals surface area contributed by atoms with Gasteiger partial charge in [-0.25, -0.2) is 4.39 Å². The van der Waals surface area contributed by atoms with Crippen LogP contribution >= 0.6 is 0 Å². The quantitative estimate of drug-likeness (QED) is 0.516. The number of hydrogen-bond acceptors (Lipinski definition) is 3. The maximum atomic E-state index is 14.6. The van der Waals surface area contributed by atoms with E-state index in [0.29, 0.717) is 12.4 Å². The summed E-state index contributed by atoms with van der Waals surface area (Å²) in [6.07, 6.45) is 2.29. The number of anilines is 1. The first-order valence-corrected chi connectivity index (χ1v) is 10.8. The average Bonchev–Trinajstić information content (AvgIpc) is 2.80. The van der Waals surface area contributed by atoms with E-state index in [0.717, 1.165) is 50.4 Å². The Morgan fingerprint density at radius 3 is 2.10 bits per heavy atom. The topological polar surface area (TPSA) is 15.7 Å². The summed E-state index contributed by atoms with van der Waals surface area (Å²) in [5, 5.41) is 0. The van der Waals surface area contributed by atoms with Crippen LogP contribution in [0.2, 0.25) is 0 Å². The van der Waals surface area contributed by atoms with E-state index in [1.165, 1.54) is 12.0 Å². The van der Waals surface area contributed by atoms with E-state index in [1.807, 2.05) is 36.4 Å². The van der Waals surface area contributed by atoms with Gasteiger partial charge >= 0.3 is 0 Å². The maximum Gasteiger partial charge on any atom is 0.167 e. The molecule has 0 aliphatic carbocycles. The third kappa shape index (κ3) is 5.61. The van der Waals surface area contributed by atoms with Crippen LogP contribution in [0.5, 0.6) is 5.75 Å². The average molecular weight is 405 g/mol. The number of ether oxygens (including phenoxy) is 1. The van der Waals surface area contributed by atoms with Crippen molar-refractivity contribution in [2.45, 2.75) is 19.4 Å². The van der Waals surface area contributed by atoms with Gasteiger partial charge in [-0.15, -0.1) is 0 Å². The number of nitrogens with zero attached hydrogens (tertiary/aromatic N) is 2. The lowest BCUT2D eigenvalue weighted by atomic mass is 10.1. The highest BCUT2D eigenvalue weighted by Gasteiger charge is 2.18.